The molecule has 232 valence electrons. The number of hydrogen-bond acceptors (Lipinski definition) is 7. The van der Waals surface area contributed by atoms with Gasteiger partial charge in [-0.05, 0) is 106 Å². The van der Waals surface area contributed by atoms with Crippen molar-refractivity contribution in [3.63, 3.8) is 0 Å². The fourth-order valence-corrected chi connectivity index (χ4v) is 7.57. The van der Waals surface area contributed by atoms with Gasteiger partial charge in [0.15, 0.2) is 0 Å². The van der Waals surface area contributed by atoms with Crippen molar-refractivity contribution in [1.82, 2.24) is 10.6 Å². The third kappa shape index (κ3) is 6.61. The Bertz CT molecular complexity index is 1520. The van der Waals surface area contributed by atoms with E-state index in [0.29, 0.717) is 13.0 Å². The fraction of sp³-hybridized carbons (Fsp3) is 0.444. The van der Waals surface area contributed by atoms with Crippen LogP contribution < -0.4 is 24.8 Å². The van der Waals surface area contributed by atoms with Crippen molar-refractivity contribution in [2.45, 2.75) is 95.8 Å². The van der Waals surface area contributed by atoms with Gasteiger partial charge >= 0.3 is 0 Å². The standard InChI is InChI=1S/C36H42N2O5S/c1-22-23(2)33-28(24(3)32(22)41-21-26-9-6-5-7-10-26)16-17-36(4,43-33)20-30(29-11-8-18-37-29)42-27-14-12-25(13-15-27)19-31-34(39)38-35(40)44-31/h5-7,9-10,12-15,29-31,37H,8,11,16-21H2,1-4H3,(H,38,39,40)/t29-,30?,31?,36?/m0/s1. The highest BCUT2D eigenvalue weighted by atomic mass is 32.2. The lowest BCUT2D eigenvalue weighted by atomic mass is 9.83. The molecule has 3 aromatic carbocycles. The summed E-state index contributed by atoms with van der Waals surface area (Å²) in [5, 5.41) is 5.37. The van der Waals surface area contributed by atoms with Crippen LogP contribution in [0.25, 0.3) is 0 Å². The van der Waals surface area contributed by atoms with Gasteiger partial charge in [-0.1, -0.05) is 54.2 Å². The van der Waals surface area contributed by atoms with E-state index in [-0.39, 0.29) is 34.1 Å². The van der Waals surface area contributed by atoms with E-state index in [2.05, 4.69) is 50.5 Å². The molecule has 0 spiro atoms. The molecule has 3 aliphatic heterocycles. The number of carbonyl (C=O) groups is 2. The zero-order valence-corrected chi connectivity index (χ0v) is 26.9. The van der Waals surface area contributed by atoms with Crippen LogP contribution in [0.4, 0.5) is 4.79 Å². The van der Waals surface area contributed by atoms with Gasteiger partial charge in [0.25, 0.3) is 5.24 Å². The molecule has 4 atom stereocenters. The lowest BCUT2D eigenvalue weighted by molar-refractivity contribution is -0.118. The maximum atomic E-state index is 12.0. The maximum absolute atomic E-state index is 12.0. The van der Waals surface area contributed by atoms with Crippen LogP contribution in [-0.4, -0.2) is 40.7 Å². The molecule has 0 saturated carbocycles. The second kappa shape index (κ2) is 12.9. The first kappa shape index (κ1) is 30.5. The highest BCUT2D eigenvalue weighted by Gasteiger charge is 2.40. The molecule has 6 rings (SSSR count). The predicted octanol–water partition coefficient (Wildman–Crippen LogP) is 6.76. The van der Waals surface area contributed by atoms with E-state index < -0.39 is 0 Å². The van der Waals surface area contributed by atoms with Crippen LogP contribution in [0.5, 0.6) is 17.2 Å². The monoisotopic (exact) mass is 614 g/mol. The minimum absolute atomic E-state index is 0.0559. The normalized spacial score (nSPS) is 23.5. The smallest absolute Gasteiger partial charge is 0.286 e. The molecule has 3 heterocycles. The largest absolute Gasteiger partial charge is 0.489 e. The number of hydrogen-bond donors (Lipinski definition) is 2. The number of nitrogens with one attached hydrogen (secondary N) is 2. The minimum atomic E-state index is -0.377. The van der Waals surface area contributed by atoms with E-state index in [4.69, 9.17) is 14.2 Å². The van der Waals surface area contributed by atoms with Gasteiger partial charge in [0.2, 0.25) is 5.91 Å². The zero-order valence-electron chi connectivity index (χ0n) is 26.0. The number of rotatable bonds is 10. The third-order valence-corrected chi connectivity index (χ3v) is 10.3. The summed E-state index contributed by atoms with van der Waals surface area (Å²) in [6.07, 6.45) is 5.24. The van der Waals surface area contributed by atoms with E-state index in [1.54, 1.807) is 0 Å². The van der Waals surface area contributed by atoms with Crippen LogP contribution in [0.3, 0.4) is 0 Å². The minimum Gasteiger partial charge on any atom is -0.489 e. The van der Waals surface area contributed by atoms with Crippen LogP contribution in [0, 0.1) is 20.8 Å². The summed E-state index contributed by atoms with van der Waals surface area (Å²) in [6, 6.07) is 18.5. The first-order chi connectivity index (χ1) is 21.2. The van der Waals surface area contributed by atoms with Gasteiger partial charge in [-0.15, -0.1) is 0 Å². The average molecular weight is 615 g/mol. The van der Waals surface area contributed by atoms with Gasteiger partial charge in [-0.25, -0.2) is 0 Å². The van der Waals surface area contributed by atoms with Crippen molar-refractivity contribution < 1.29 is 23.8 Å². The molecule has 3 aromatic rings. The van der Waals surface area contributed by atoms with Gasteiger partial charge in [0.1, 0.15) is 35.6 Å². The maximum Gasteiger partial charge on any atom is 0.286 e. The molecule has 7 nitrogen and oxygen atoms in total. The quantitative estimate of drug-likeness (QED) is 0.261. The lowest BCUT2D eigenvalue weighted by Gasteiger charge is -2.41. The average Bonchev–Trinajstić information content (AvgIpc) is 3.66. The van der Waals surface area contributed by atoms with Crippen LogP contribution in [0.2, 0.25) is 0 Å². The number of fused-ring (bicyclic) bond motifs is 1. The molecule has 0 radical (unpaired) electrons. The third-order valence-electron chi connectivity index (χ3n) is 9.37. The second-order valence-corrected chi connectivity index (χ2v) is 13.8. The molecule has 3 aliphatic rings. The van der Waals surface area contributed by atoms with Gasteiger partial charge in [0.05, 0.1) is 5.25 Å². The highest BCUT2D eigenvalue weighted by Crippen LogP contribution is 2.45. The molecule has 0 bridgehead atoms. The van der Waals surface area contributed by atoms with Crippen LogP contribution in [0.15, 0.2) is 54.6 Å². The Kier molecular flexibility index (Phi) is 8.92. The summed E-state index contributed by atoms with van der Waals surface area (Å²) in [6.45, 7) is 10.2. The number of amides is 2. The summed E-state index contributed by atoms with van der Waals surface area (Å²) < 4.78 is 20.0. The molecular weight excluding hydrogens is 572 g/mol. The lowest BCUT2D eigenvalue weighted by Crippen LogP contribution is -2.47. The van der Waals surface area contributed by atoms with Crippen molar-refractivity contribution in [2.24, 2.45) is 0 Å². The Labute approximate surface area is 264 Å². The number of thioether (sulfide) groups is 1. The second-order valence-electron chi connectivity index (χ2n) is 12.6. The predicted molar refractivity (Wildman–Crippen MR) is 174 cm³/mol. The van der Waals surface area contributed by atoms with Crippen molar-refractivity contribution in [2.75, 3.05) is 6.54 Å². The molecule has 8 heteroatoms. The summed E-state index contributed by atoms with van der Waals surface area (Å²) in [5.41, 5.74) is 6.47. The molecule has 0 aromatic heterocycles. The number of ether oxygens (including phenoxy) is 3. The van der Waals surface area contributed by atoms with E-state index in [9.17, 15) is 9.59 Å². The molecule has 2 amide bonds. The SMILES string of the molecule is Cc1c(C)c2c(c(C)c1OCc1ccccc1)CCC(C)(CC(Oc1ccc(CC3SC(=O)NC3=O)cc1)[C@@H]1CCCN1)O2. The van der Waals surface area contributed by atoms with E-state index >= 15 is 0 Å². The van der Waals surface area contributed by atoms with Crippen molar-refractivity contribution >= 4 is 22.9 Å². The Balaban J connectivity index is 1.16. The topological polar surface area (TPSA) is 85.9 Å². The first-order valence-electron chi connectivity index (χ1n) is 15.7. The zero-order chi connectivity index (χ0) is 30.8. The highest BCUT2D eigenvalue weighted by molar-refractivity contribution is 8.15. The van der Waals surface area contributed by atoms with Crippen LogP contribution >= 0.6 is 11.8 Å². The number of imide groups is 1. The first-order valence-corrected chi connectivity index (χ1v) is 16.6. The van der Waals surface area contributed by atoms with Gasteiger partial charge in [-0.2, -0.15) is 0 Å². The Morgan fingerprint density at radius 3 is 2.45 bits per heavy atom. The van der Waals surface area contributed by atoms with E-state index in [1.165, 1.54) is 11.1 Å². The van der Waals surface area contributed by atoms with Crippen LogP contribution in [0.1, 0.15) is 66.0 Å². The molecule has 2 saturated heterocycles. The number of carbonyl (C=O) groups excluding carboxylic acids is 2. The molecular formula is C36H42N2O5S. The number of benzene rings is 3. The molecule has 2 N–H and O–H groups in total. The molecule has 2 fully saturated rings. The van der Waals surface area contributed by atoms with E-state index in [0.717, 1.165) is 89.9 Å². The summed E-state index contributed by atoms with van der Waals surface area (Å²) in [4.78, 5) is 23.5. The molecule has 3 unspecified atom stereocenters. The van der Waals surface area contributed by atoms with Crippen molar-refractivity contribution in [3.05, 3.63) is 88.0 Å². The Hall–Kier alpha value is -3.49. The van der Waals surface area contributed by atoms with E-state index in [1.807, 2.05) is 42.5 Å². The van der Waals surface area contributed by atoms with Crippen molar-refractivity contribution in [1.29, 1.82) is 0 Å². The molecule has 44 heavy (non-hydrogen) atoms. The van der Waals surface area contributed by atoms with Gasteiger partial charge < -0.3 is 19.5 Å². The Morgan fingerprint density at radius 1 is 1.00 bits per heavy atom. The van der Waals surface area contributed by atoms with Crippen LogP contribution in [-0.2, 0) is 24.2 Å². The Morgan fingerprint density at radius 2 is 1.77 bits per heavy atom. The van der Waals surface area contributed by atoms with Gasteiger partial charge in [-0.3, -0.25) is 14.9 Å². The van der Waals surface area contributed by atoms with Crippen molar-refractivity contribution in [3.8, 4) is 17.2 Å². The molecule has 0 aliphatic carbocycles. The summed E-state index contributed by atoms with van der Waals surface area (Å²) in [7, 11) is 0. The summed E-state index contributed by atoms with van der Waals surface area (Å²) in [5.74, 6) is 2.55. The van der Waals surface area contributed by atoms with Gasteiger partial charge in [0, 0.05) is 18.0 Å². The fourth-order valence-electron chi connectivity index (χ4n) is 6.71. The summed E-state index contributed by atoms with van der Waals surface area (Å²) >= 11 is 1.06.